The summed E-state index contributed by atoms with van der Waals surface area (Å²) in [5, 5.41) is 0.333. The fourth-order valence-electron chi connectivity index (χ4n) is 1.57. The van der Waals surface area contributed by atoms with Gasteiger partial charge in [0.25, 0.3) is 0 Å². The van der Waals surface area contributed by atoms with Crippen molar-refractivity contribution in [3.8, 4) is 11.5 Å². The molecule has 0 aliphatic carbocycles. The van der Waals surface area contributed by atoms with Crippen LogP contribution in [0.2, 0.25) is 5.02 Å². The Morgan fingerprint density at radius 2 is 1.94 bits per heavy atom. The van der Waals surface area contributed by atoms with Crippen molar-refractivity contribution in [1.82, 2.24) is 0 Å². The van der Waals surface area contributed by atoms with Crippen molar-refractivity contribution in [2.75, 3.05) is 13.2 Å². The van der Waals surface area contributed by atoms with Crippen LogP contribution in [0.25, 0.3) is 0 Å². The molecule has 0 atom stereocenters. The van der Waals surface area contributed by atoms with Gasteiger partial charge in [0.2, 0.25) is 9.05 Å². The normalized spacial score (nSPS) is 15.4. The van der Waals surface area contributed by atoms with Crippen LogP contribution in [0.5, 0.6) is 11.5 Å². The molecule has 2 rings (SSSR count). The first-order chi connectivity index (χ1) is 7.96. The number of ether oxygens (including phenoxy) is 2. The quantitative estimate of drug-likeness (QED) is 0.787. The maximum absolute atomic E-state index is 11.0. The highest BCUT2D eigenvalue weighted by Crippen LogP contribution is 2.38. The minimum Gasteiger partial charge on any atom is -0.489 e. The molecule has 0 saturated heterocycles. The lowest BCUT2D eigenvalue weighted by molar-refractivity contribution is 0.297. The van der Waals surface area contributed by atoms with Gasteiger partial charge in [-0.15, -0.1) is 0 Å². The fourth-order valence-corrected chi connectivity index (χ4v) is 2.80. The Morgan fingerprint density at radius 3 is 2.65 bits per heavy atom. The van der Waals surface area contributed by atoms with Gasteiger partial charge < -0.3 is 9.47 Å². The van der Waals surface area contributed by atoms with Crippen molar-refractivity contribution in [3.05, 3.63) is 22.7 Å². The third-order valence-corrected chi connectivity index (χ3v) is 3.49. The van der Waals surface area contributed by atoms with Gasteiger partial charge in [0.15, 0.2) is 11.5 Å². The molecule has 0 spiro atoms. The Labute approximate surface area is 109 Å². The molecule has 0 saturated carbocycles. The molecule has 1 aromatic carbocycles. The van der Waals surface area contributed by atoms with Crippen LogP contribution in [0, 0.1) is 0 Å². The van der Waals surface area contributed by atoms with Gasteiger partial charge in [0, 0.05) is 17.1 Å². The highest BCUT2D eigenvalue weighted by atomic mass is 35.7. The van der Waals surface area contributed by atoms with Crippen molar-refractivity contribution < 1.29 is 17.9 Å². The van der Waals surface area contributed by atoms with E-state index in [1.807, 2.05) is 0 Å². The van der Waals surface area contributed by atoms with Gasteiger partial charge in [-0.05, 0) is 17.7 Å². The van der Waals surface area contributed by atoms with Crippen molar-refractivity contribution in [2.45, 2.75) is 12.2 Å². The molecule has 94 valence electrons. The Hall–Kier alpha value is -0.650. The van der Waals surface area contributed by atoms with E-state index in [0.29, 0.717) is 35.3 Å². The van der Waals surface area contributed by atoms with Crippen LogP contribution >= 0.6 is 22.3 Å². The molecule has 7 heteroatoms. The molecule has 0 N–H and O–H groups in total. The highest BCUT2D eigenvalue weighted by Gasteiger charge is 2.17. The minimum atomic E-state index is -3.61. The van der Waals surface area contributed by atoms with Crippen molar-refractivity contribution >= 4 is 31.3 Å². The van der Waals surface area contributed by atoms with Crippen LogP contribution in [0.15, 0.2) is 12.1 Å². The standard InChI is InChI=1S/C10H10Cl2O4S/c11-8-4-7(6-17(12,13)14)5-9-10(8)16-3-1-2-15-9/h4-5H,1-3,6H2. The SMILES string of the molecule is O=S(=O)(Cl)Cc1cc(Cl)c2c(c1)OCCCO2. The van der Waals surface area contributed by atoms with E-state index < -0.39 is 9.05 Å². The molecule has 0 unspecified atom stereocenters. The third-order valence-electron chi connectivity index (χ3n) is 2.20. The van der Waals surface area contributed by atoms with E-state index in [0.717, 1.165) is 6.42 Å². The first kappa shape index (κ1) is 12.8. The zero-order valence-electron chi connectivity index (χ0n) is 8.78. The summed E-state index contributed by atoms with van der Waals surface area (Å²) in [4.78, 5) is 0. The predicted molar refractivity (Wildman–Crippen MR) is 65.5 cm³/mol. The van der Waals surface area contributed by atoms with Crippen LogP contribution in [0.1, 0.15) is 12.0 Å². The highest BCUT2D eigenvalue weighted by molar-refractivity contribution is 8.13. The molecule has 0 amide bonds. The molecule has 1 aromatic rings. The molecule has 0 fully saturated rings. The van der Waals surface area contributed by atoms with Gasteiger partial charge >= 0.3 is 0 Å². The summed E-state index contributed by atoms with van der Waals surface area (Å²) >= 11 is 6.01. The molecule has 0 bridgehead atoms. The van der Waals surface area contributed by atoms with E-state index in [1.165, 1.54) is 6.07 Å². The number of hydrogen-bond acceptors (Lipinski definition) is 4. The van der Waals surface area contributed by atoms with Crippen molar-refractivity contribution in [2.24, 2.45) is 0 Å². The summed E-state index contributed by atoms with van der Waals surface area (Å²) in [6.45, 7) is 1.04. The van der Waals surface area contributed by atoms with Crippen LogP contribution < -0.4 is 9.47 Å². The Morgan fingerprint density at radius 1 is 1.24 bits per heavy atom. The van der Waals surface area contributed by atoms with E-state index in [4.69, 9.17) is 31.8 Å². The van der Waals surface area contributed by atoms with Gasteiger partial charge in [0.1, 0.15) is 0 Å². The first-order valence-corrected chi connectivity index (χ1v) is 7.82. The smallest absolute Gasteiger partial charge is 0.236 e. The van der Waals surface area contributed by atoms with E-state index in [-0.39, 0.29) is 5.75 Å². The average molecular weight is 297 g/mol. The molecule has 1 aliphatic rings. The van der Waals surface area contributed by atoms with Gasteiger partial charge in [0.05, 0.1) is 24.0 Å². The fraction of sp³-hybridized carbons (Fsp3) is 0.400. The molecule has 17 heavy (non-hydrogen) atoms. The number of fused-ring (bicyclic) bond motifs is 1. The van der Waals surface area contributed by atoms with E-state index in [9.17, 15) is 8.42 Å². The van der Waals surface area contributed by atoms with E-state index >= 15 is 0 Å². The number of benzene rings is 1. The molecule has 0 aromatic heterocycles. The summed E-state index contributed by atoms with van der Waals surface area (Å²) in [6, 6.07) is 3.11. The maximum Gasteiger partial charge on any atom is 0.236 e. The number of hydrogen-bond donors (Lipinski definition) is 0. The van der Waals surface area contributed by atoms with Crippen LogP contribution in [-0.2, 0) is 14.8 Å². The summed E-state index contributed by atoms with van der Waals surface area (Å²) in [6.07, 6.45) is 0.758. The molecular formula is C10H10Cl2O4S. The molecule has 1 aliphatic heterocycles. The molecule has 1 heterocycles. The Kier molecular flexibility index (Phi) is 3.70. The summed E-state index contributed by atoms with van der Waals surface area (Å²) in [5.74, 6) is 0.635. The maximum atomic E-state index is 11.0. The van der Waals surface area contributed by atoms with E-state index in [2.05, 4.69) is 0 Å². The summed E-state index contributed by atoms with van der Waals surface area (Å²) in [7, 11) is 1.58. The van der Waals surface area contributed by atoms with E-state index in [1.54, 1.807) is 6.07 Å². The third kappa shape index (κ3) is 3.40. The Bertz CT molecular complexity index is 527. The lowest BCUT2D eigenvalue weighted by Gasteiger charge is -2.10. The van der Waals surface area contributed by atoms with Crippen LogP contribution in [0.4, 0.5) is 0 Å². The van der Waals surface area contributed by atoms with Crippen molar-refractivity contribution in [3.63, 3.8) is 0 Å². The second kappa shape index (κ2) is 4.92. The zero-order chi connectivity index (χ0) is 12.5. The molecular weight excluding hydrogens is 287 g/mol. The predicted octanol–water partition coefficient (Wildman–Crippen LogP) is 2.57. The minimum absolute atomic E-state index is 0.287. The largest absolute Gasteiger partial charge is 0.489 e. The second-order valence-electron chi connectivity index (χ2n) is 3.64. The molecule has 0 radical (unpaired) electrons. The second-order valence-corrected chi connectivity index (χ2v) is 6.82. The lowest BCUT2D eigenvalue weighted by Crippen LogP contribution is -1.98. The first-order valence-electron chi connectivity index (χ1n) is 4.96. The van der Waals surface area contributed by atoms with Gasteiger partial charge in [-0.2, -0.15) is 0 Å². The zero-order valence-corrected chi connectivity index (χ0v) is 11.1. The van der Waals surface area contributed by atoms with Crippen molar-refractivity contribution in [1.29, 1.82) is 0 Å². The lowest BCUT2D eigenvalue weighted by atomic mass is 10.2. The summed E-state index contributed by atoms with van der Waals surface area (Å²) < 4.78 is 32.9. The van der Waals surface area contributed by atoms with Gasteiger partial charge in [-0.3, -0.25) is 0 Å². The number of halogens is 2. The molecule has 4 nitrogen and oxygen atoms in total. The average Bonchev–Trinajstić information content (AvgIpc) is 2.40. The van der Waals surface area contributed by atoms with Crippen LogP contribution in [0.3, 0.4) is 0 Å². The monoisotopic (exact) mass is 296 g/mol. The van der Waals surface area contributed by atoms with Gasteiger partial charge in [-0.1, -0.05) is 11.6 Å². The number of rotatable bonds is 2. The summed E-state index contributed by atoms with van der Waals surface area (Å²) in [5.41, 5.74) is 0.481. The van der Waals surface area contributed by atoms with Crippen LogP contribution in [-0.4, -0.2) is 21.6 Å². The topological polar surface area (TPSA) is 52.6 Å². The van der Waals surface area contributed by atoms with Gasteiger partial charge in [-0.25, -0.2) is 8.42 Å². The Balaban J connectivity index is 2.39.